The lowest BCUT2D eigenvalue weighted by molar-refractivity contribution is -0.144. The van der Waals surface area contributed by atoms with Crippen LogP contribution in [-0.2, 0) is 9.53 Å². The SMILES string of the molecule is CC1CN(C(=O)CN2CCN(c3cc(N4CCCC4)ncn3)CC2)CC(C)O1. The van der Waals surface area contributed by atoms with E-state index < -0.39 is 0 Å². The van der Waals surface area contributed by atoms with Gasteiger partial charge in [0.1, 0.15) is 18.0 Å². The summed E-state index contributed by atoms with van der Waals surface area (Å²) in [5, 5.41) is 0. The van der Waals surface area contributed by atoms with Crippen molar-refractivity contribution in [3.8, 4) is 0 Å². The Balaban J connectivity index is 1.29. The van der Waals surface area contributed by atoms with E-state index in [0.29, 0.717) is 19.6 Å². The Kier molecular flexibility index (Phi) is 5.96. The highest BCUT2D eigenvalue weighted by atomic mass is 16.5. The second-order valence-electron chi connectivity index (χ2n) is 8.25. The number of anilines is 2. The average molecular weight is 389 g/mol. The molecule has 0 bridgehead atoms. The molecule has 28 heavy (non-hydrogen) atoms. The molecule has 0 aromatic carbocycles. The van der Waals surface area contributed by atoms with Crippen LogP contribution in [0.3, 0.4) is 0 Å². The molecule has 8 heteroatoms. The van der Waals surface area contributed by atoms with Gasteiger partial charge >= 0.3 is 0 Å². The summed E-state index contributed by atoms with van der Waals surface area (Å²) in [6.45, 7) is 11.7. The molecular formula is C20H32N6O2. The van der Waals surface area contributed by atoms with Gasteiger partial charge in [-0.05, 0) is 26.7 Å². The Bertz CT molecular complexity index is 662. The summed E-state index contributed by atoms with van der Waals surface area (Å²) in [6.07, 6.45) is 4.40. The molecule has 0 spiro atoms. The molecule has 4 rings (SSSR count). The van der Waals surface area contributed by atoms with Gasteiger partial charge in [-0.1, -0.05) is 0 Å². The zero-order chi connectivity index (χ0) is 19.5. The third-order valence-corrected chi connectivity index (χ3v) is 5.90. The fourth-order valence-electron chi connectivity index (χ4n) is 4.44. The maximum Gasteiger partial charge on any atom is 0.236 e. The first-order chi connectivity index (χ1) is 13.6. The lowest BCUT2D eigenvalue weighted by Gasteiger charge is -2.38. The number of carbonyl (C=O) groups is 1. The van der Waals surface area contributed by atoms with Crippen molar-refractivity contribution in [1.82, 2.24) is 19.8 Å². The van der Waals surface area contributed by atoms with Crippen LogP contribution in [0.2, 0.25) is 0 Å². The molecule has 0 N–H and O–H groups in total. The van der Waals surface area contributed by atoms with Gasteiger partial charge in [-0.25, -0.2) is 9.97 Å². The van der Waals surface area contributed by atoms with Crippen molar-refractivity contribution < 1.29 is 9.53 Å². The quantitative estimate of drug-likeness (QED) is 0.757. The van der Waals surface area contributed by atoms with E-state index in [1.54, 1.807) is 6.33 Å². The summed E-state index contributed by atoms with van der Waals surface area (Å²) in [4.78, 5) is 30.5. The van der Waals surface area contributed by atoms with Gasteiger partial charge in [-0.2, -0.15) is 0 Å². The van der Waals surface area contributed by atoms with Crippen LogP contribution in [0, 0.1) is 0 Å². The molecule has 1 aromatic heterocycles. The Morgan fingerprint density at radius 1 is 0.964 bits per heavy atom. The highest BCUT2D eigenvalue weighted by Crippen LogP contribution is 2.22. The zero-order valence-corrected chi connectivity index (χ0v) is 17.1. The number of amides is 1. The number of rotatable bonds is 4. The smallest absolute Gasteiger partial charge is 0.236 e. The maximum absolute atomic E-state index is 12.7. The monoisotopic (exact) mass is 388 g/mol. The van der Waals surface area contributed by atoms with Crippen molar-refractivity contribution in [2.45, 2.75) is 38.9 Å². The minimum Gasteiger partial charge on any atom is -0.372 e. The number of ether oxygens (including phenoxy) is 1. The summed E-state index contributed by atoms with van der Waals surface area (Å²) in [7, 11) is 0. The Hall–Kier alpha value is -1.93. The topological polar surface area (TPSA) is 65.0 Å². The molecule has 0 radical (unpaired) electrons. The molecule has 1 aromatic rings. The van der Waals surface area contributed by atoms with Crippen LogP contribution >= 0.6 is 0 Å². The van der Waals surface area contributed by atoms with Gasteiger partial charge in [0.25, 0.3) is 0 Å². The van der Waals surface area contributed by atoms with E-state index in [-0.39, 0.29) is 18.1 Å². The van der Waals surface area contributed by atoms with Crippen LogP contribution in [0.4, 0.5) is 11.6 Å². The number of carbonyl (C=O) groups excluding carboxylic acids is 1. The van der Waals surface area contributed by atoms with E-state index in [1.165, 1.54) is 12.8 Å². The summed E-state index contributed by atoms with van der Waals surface area (Å²) in [6, 6.07) is 2.11. The van der Waals surface area contributed by atoms with Crippen molar-refractivity contribution in [3.63, 3.8) is 0 Å². The van der Waals surface area contributed by atoms with E-state index in [2.05, 4.69) is 30.7 Å². The average Bonchev–Trinajstić information content (AvgIpc) is 3.23. The predicted octanol–water partition coefficient (Wildman–Crippen LogP) is 0.835. The Morgan fingerprint density at radius 3 is 2.14 bits per heavy atom. The number of hydrogen-bond donors (Lipinski definition) is 0. The van der Waals surface area contributed by atoms with Crippen LogP contribution in [0.25, 0.3) is 0 Å². The molecule has 3 saturated heterocycles. The van der Waals surface area contributed by atoms with Crippen molar-refractivity contribution in [2.75, 3.05) is 68.7 Å². The van der Waals surface area contributed by atoms with E-state index in [4.69, 9.17) is 4.74 Å². The van der Waals surface area contributed by atoms with Gasteiger partial charge in [0, 0.05) is 58.4 Å². The molecule has 0 saturated carbocycles. The van der Waals surface area contributed by atoms with Gasteiger partial charge in [-0.15, -0.1) is 0 Å². The molecule has 3 aliphatic rings. The van der Waals surface area contributed by atoms with Crippen molar-refractivity contribution in [2.24, 2.45) is 0 Å². The standard InChI is InChI=1S/C20H32N6O2/c1-16-12-26(13-17(2)28-16)20(27)14-23-7-9-25(10-8-23)19-11-18(21-15-22-19)24-5-3-4-6-24/h11,15-17H,3-10,12-14H2,1-2H3. The lowest BCUT2D eigenvalue weighted by atomic mass is 10.2. The van der Waals surface area contributed by atoms with Gasteiger partial charge in [0.05, 0.1) is 18.8 Å². The van der Waals surface area contributed by atoms with Crippen molar-refractivity contribution in [3.05, 3.63) is 12.4 Å². The minimum atomic E-state index is 0.118. The van der Waals surface area contributed by atoms with Crippen LogP contribution in [0.5, 0.6) is 0 Å². The van der Waals surface area contributed by atoms with E-state index in [0.717, 1.165) is 50.9 Å². The molecule has 2 atom stereocenters. The molecular weight excluding hydrogens is 356 g/mol. The molecule has 154 valence electrons. The number of nitrogens with zero attached hydrogens (tertiary/aromatic N) is 6. The van der Waals surface area contributed by atoms with Gasteiger partial charge < -0.3 is 19.4 Å². The third-order valence-electron chi connectivity index (χ3n) is 5.90. The normalized spacial score (nSPS) is 26.7. The second kappa shape index (κ2) is 8.61. The lowest BCUT2D eigenvalue weighted by Crippen LogP contribution is -2.54. The van der Waals surface area contributed by atoms with Gasteiger partial charge in [0.2, 0.25) is 5.91 Å². The summed E-state index contributed by atoms with van der Waals surface area (Å²) in [5.41, 5.74) is 0. The minimum absolute atomic E-state index is 0.118. The van der Waals surface area contributed by atoms with Crippen molar-refractivity contribution in [1.29, 1.82) is 0 Å². The van der Waals surface area contributed by atoms with Crippen LogP contribution in [0.1, 0.15) is 26.7 Å². The first-order valence-corrected chi connectivity index (χ1v) is 10.6. The number of piperazine rings is 1. The molecule has 1 amide bonds. The third kappa shape index (κ3) is 4.55. The molecule has 2 unspecified atom stereocenters. The highest BCUT2D eigenvalue weighted by molar-refractivity contribution is 5.78. The van der Waals surface area contributed by atoms with Crippen molar-refractivity contribution >= 4 is 17.5 Å². The van der Waals surface area contributed by atoms with E-state index in [9.17, 15) is 4.79 Å². The fourth-order valence-corrected chi connectivity index (χ4v) is 4.44. The van der Waals surface area contributed by atoms with Crippen LogP contribution in [-0.4, -0.2) is 96.8 Å². The Morgan fingerprint density at radius 2 is 1.54 bits per heavy atom. The predicted molar refractivity (Wildman–Crippen MR) is 109 cm³/mol. The van der Waals surface area contributed by atoms with E-state index in [1.807, 2.05) is 18.7 Å². The Labute approximate surface area is 167 Å². The fraction of sp³-hybridized carbons (Fsp3) is 0.750. The zero-order valence-electron chi connectivity index (χ0n) is 17.1. The van der Waals surface area contributed by atoms with Crippen LogP contribution in [0.15, 0.2) is 12.4 Å². The number of hydrogen-bond acceptors (Lipinski definition) is 7. The molecule has 3 aliphatic heterocycles. The summed E-state index contributed by atoms with van der Waals surface area (Å²) in [5.74, 6) is 2.25. The molecule has 4 heterocycles. The van der Waals surface area contributed by atoms with Crippen LogP contribution < -0.4 is 9.80 Å². The van der Waals surface area contributed by atoms with Gasteiger partial charge in [-0.3, -0.25) is 9.69 Å². The molecule has 3 fully saturated rings. The molecule has 8 nitrogen and oxygen atoms in total. The van der Waals surface area contributed by atoms with E-state index >= 15 is 0 Å². The number of morpholine rings is 1. The number of aromatic nitrogens is 2. The summed E-state index contributed by atoms with van der Waals surface area (Å²) >= 11 is 0. The summed E-state index contributed by atoms with van der Waals surface area (Å²) < 4.78 is 5.74. The first-order valence-electron chi connectivity index (χ1n) is 10.6. The second-order valence-corrected chi connectivity index (χ2v) is 8.25. The first kappa shape index (κ1) is 19.4. The maximum atomic E-state index is 12.7. The van der Waals surface area contributed by atoms with Gasteiger partial charge in [0.15, 0.2) is 0 Å². The largest absolute Gasteiger partial charge is 0.372 e. The molecule has 0 aliphatic carbocycles. The highest BCUT2D eigenvalue weighted by Gasteiger charge is 2.28.